The molecule has 2 fully saturated rings. The first-order valence-electron chi connectivity index (χ1n) is 4.20. The maximum Gasteiger partial charge on any atom is 0.123 e. The van der Waals surface area contributed by atoms with Crippen LogP contribution < -0.4 is 0 Å². The summed E-state index contributed by atoms with van der Waals surface area (Å²) >= 11 is 0. The fourth-order valence-corrected chi connectivity index (χ4v) is 1.64. The number of likely N-dealkylation sites (tertiary alicyclic amines) is 1. The van der Waals surface area contributed by atoms with Crippen LogP contribution in [0.15, 0.2) is 0 Å². The van der Waals surface area contributed by atoms with E-state index >= 15 is 0 Å². The first-order valence-corrected chi connectivity index (χ1v) is 4.20. The average Bonchev–Trinajstić information content (AvgIpc) is 2.47. The summed E-state index contributed by atoms with van der Waals surface area (Å²) in [7, 11) is 0. The van der Waals surface area contributed by atoms with E-state index in [2.05, 4.69) is 4.90 Å². The molecule has 1 aliphatic carbocycles. The zero-order chi connectivity index (χ0) is 7.03. The highest BCUT2D eigenvalue weighted by molar-refractivity contribution is 4.97. The molecule has 0 amide bonds. The van der Waals surface area contributed by atoms with Crippen molar-refractivity contribution >= 4 is 0 Å². The molecule has 0 unspecified atom stereocenters. The maximum absolute atomic E-state index is 13.1. The average molecular weight is 143 g/mol. The number of rotatable bonds is 2. The molecule has 1 nitrogen and oxygen atoms in total. The molecule has 0 aromatic carbocycles. The molecule has 2 heteroatoms. The highest BCUT2D eigenvalue weighted by atomic mass is 19.1. The van der Waals surface area contributed by atoms with Gasteiger partial charge in [0.2, 0.25) is 0 Å². The van der Waals surface area contributed by atoms with E-state index in [1.165, 1.54) is 12.8 Å². The molecular formula is C8H14FN. The van der Waals surface area contributed by atoms with Gasteiger partial charge in [-0.25, -0.2) is 4.39 Å². The third kappa shape index (κ3) is 1.31. The van der Waals surface area contributed by atoms with Gasteiger partial charge in [-0.1, -0.05) is 0 Å². The smallest absolute Gasteiger partial charge is 0.123 e. The normalized spacial score (nSPS) is 30.9. The van der Waals surface area contributed by atoms with Gasteiger partial charge < -0.3 is 4.90 Å². The maximum atomic E-state index is 13.1. The first kappa shape index (κ1) is 6.59. The van der Waals surface area contributed by atoms with Crippen LogP contribution in [-0.2, 0) is 0 Å². The summed E-state index contributed by atoms with van der Waals surface area (Å²) in [6, 6.07) is 0. The zero-order valence-corrected chi connectivity index (χ0v) is 6.27. The molecule has 2 aliphatic rings. The molecule has 10 heavy (non-hydrogen) atoms. The van der Waals surface area contributed by atoms with Crippen LogP contribution in [0.5, 0.6) is 0 Å². The Balaban J connectivity index is 1.78. The van der Waals surface area contributed by atoms with Crippen LogP contribution >= 0.6 is 0 Å². The van der Waals surface area contributed by atoms with Crippen LogP contribution in [0.2, 0.25) is 0 Å². The lowest BCUT2D eigenvalue weighted by Crippen LogP contribution is -2.28. The van der Waals surface area contributed by atoms with Crippen molar-refractivity contribution in [2.75, 3.05) is 19.6 Å². The third-order valence-corrected chi connectivity index (χ3v) is 2.50. The Hall–Kier alpha value is -0.110. The molecule has 1 heterocycles. The molecule has 0 N–H and O–H groups in total. The summed E-state index contributed by atoms with van der Waals surface area (Å²) in [5, 5.41) is 0. The molecule has 1 aliphatic heterocycles. The number of halogens is 1. The monoisotopic (exact) mass is 143 g/mol. The number of nitrogens with zero attached hydrogens (tertiary/aromatic N) is 1. The van der Waals surface area contributed by atoms with Gasteiger partial charge in [-0.3, -0.25) is 0 Å². The highest BCUT2D eigenvalue weighted by Gasteiger charge is 2.44. The quantitative estimate of drug-likeness (QED) is 0.567. The van der Waals surface area contributed by atoms with Crippen molar-refractivity contribution in [3.8, 4) is 0 Å². The lowest BCUT2D eigenvalue weighted by molar-refractivity contribution is 0.202. The third-order valence-electron chi connectivity index (χ3n) is 2.50. The van der Waals surface area contributed by atoms with Crippen LogP contribution in [-0.4, -0.2) is 30.2 Å². The Morgan fingerprint density at radius 3 is 2.30 bits per heavy atom. The van der Waals surface area contributed by atoms with Gasteiger partial charge in [-0.2, -0.15) is 0 Å². The van der Waals surface area contributed by atoms with Crippen molar-refractivity contribution in [3.63, 3.8) is 0 Å². The van der Waals surface area contributed by atoms with Crippen molar-refractivity contribution in [2.24, 2.45) is 0 Å². The summed E-state index contributed by atoms with van der Waals surface area (Å²) in [6.45, 7) is 2.98. The van der Waals surface area contributed by atoms with Crippen molar-refractivity contribution in [1.29, 1.82) is 0 Å². The summed E-state index contributed by atoms with van der Waals surface area (Å²) in [4.78, 5) is 2.26. The second kappa shape index (κ2) is 2.19. The van der Waals surface area contributed by atoms with E-state index < -0.39 is 5.67 Å². The van der Waals surface area contributed by atoms with E-state index in [4.69, 9.17) is 0 Å². The van der Waals surface area contributed by atoms with E-state index in [1.54, 1.807) is 0 Å². The first-order chi connectivity index (χ1) is 4.79. The fraction of sp³-hybridized carbons (Fsp3) is 1.00. The summed E-state index contributed by atoms with van der Waals surface area (Å²) in [5.41, 5.74) is -0.760. The Kier molecular flexibility index (Phi) is 1.44. The van der Waals surface area contributed by atoms with E-state index in [0.29, 0.717) is 6.54 Å². The molecule has 0 aromatic rings. The highest BCUT2D eigenvalue weighted by Crippen LogP contribution is 2.40. The van der Waals surface area contributed by atoms with Crippen LogP contribution in [0.1, 0.15) is 25.7 Å². The van der Waals surface area contributed by atoms with Gasteiger partial charge in [0.25, 0.3) is 0 Å². The standard InChI is InChI=1S/C8H14FN/c9-8(3-4-8)7-10-5-1-2-6-10/h1-7H2. The Morgan fingerprint density at radius 1 is 1.20 bits per heavy atom. The predicted octanol–water partition coefficient (Wildman–Crippen LogP) is 1.58. The van der Waals surface area contributed by atoms with Crippen molar-refractivity contribution in [1.82, 2.24) is 4.90 Å². The lowest BCUT2D eigenvalue weighted by Gasteiger charge is -2.16. The van der Waals surface area contributed by atoms with Crippen molar-refractivity contribution < 1.29 is 4.39 Å². The van der Waals surface area contributed by atoms with Crippen molar-refractivity contribution in [3.05, 3.63) is 0 Å². The second-order valence-electron chi connectivity index (χ2n) is 3.63. The molecule has 2 rings (SSSR count). The summed E-state index contributed by atoms with van der Waals surface area (Å²) in [6.07, 6.45) is 4.17. The van der Waals surface area contributed by atoms with E-state index in [0.717, 1.165) is 25.9 Å². The second-order valence-corrected chi connectivity index (χ2v) is 3.63. The van der Waals surface area contributed by atoms with Crippen LogP contribution in [0, 0.1) is 0 Å². The minimum Gasteiger partial charge on any atom is -0.300 e. The molecule has 0 aromatic heterocycles. The number of hydrogen-bond donors (Lipinski definition) is 0. The number of alkyl halides is 1. The van der Waals surface area contributed by atoms with Gasteiger partial charge in [-0.05, 0) is 38.8 Å². The molecule has 0 atom stereocenters. The molecule has 0 spiro atoms. The van der Waals surface area contributed by atoms with Gasteiger partial charge in [-0.15, -0.1) is 0 Å². The van der Waals surface area contributed by atoms with Gasteiger partial charge in [0.15, 0.2) is 0 Å². The zero-order valence-electron chi connectivity index (χ0n) is 6.27. The molecule has 1 saturated carbocycles. The Labute approximate surface area is 61.2 Å². The Morgan fingerprint density at radius 2 is 1.80 bits per heavy atom. The van der Waals surface area contributed by atoms with E-state index in [1.807, 2.05) is 0 Å². The number of hydrogen-bond acceptors (Lipinski definition) is 1. The van der Waals surface area contributed by atoms with E-state index in [9.17, 15) is 4.39 Å². The molecule has 0 bridgehead atoms. The minimum atomic E-state index is -0.760. The molecular weight excluding hydrogens is 129 g/mol. The Bertz CT molecular complexity index is 125. The van der Waals surface area contributed by atoms with Gasteiger partial charge >= 0.3 is 0 Å². The molecule has 0 radical (unpaired) electrons. The largest absolute Gasteiger partial charge is 0.300 e. The molecule has 58 valence electrons. The topological polar surface area (TPSA) is 3.24 Å². The van der Waals surface area contributed by atoms with Crippen LogP contribution in [0.25, 0.3) is 0 Å². The SMILES string of the molecule is FC1(CN2CCCC2)CC1. The van der Waals surface area contributed by atoms with E-state index in [-0.39, 0.29) is 0 Å². The van der Waals surface area contributed by atoms with Gasteiger partial charge in [0, 0.05) is 6.54 Å². The van der Waals surface area contributed by atoms with Crippen molar-refractivity contribution in [2.45, 2.75) is 31.4 Å². The lowest BCUT2D eigenvalue weighted by atomic mass is 10.3. The minimum absolute atomic E-state index is 0.715. The summed E-state index contributed by atoms with van der Waals surface area (Å²) < 4.78 is 13.1. The van der Waals surface area contributed by atoms with Gasteiger partial charge in [0.1, 0.15) is 5.67 Å². The summed E-state index contributed by atoms with van der Waals surface area (Å²) in [5.74, 6) is 0. The predicted molar refractivity (Wildman–Crippen MR) is 38.7 cm³/mol. The van der Waals surface area contributed by atoms with Crippen LogP contribution in [0.3, 0.4) is 0 Å². The van der Waals surface area contributed by atoms with Gasteiger partial charge in [0.05, 0.1) is 0 Å². The van der Waals surface area contributed by atoms with Crippen LogP contribution in [0.4, 0.5) is 4.39 Å². The fourth-order valence-electron chi connectivity index (χ4n) is 1.64. The molecule has 1 saturated heterocycles.